The lowest BCUT2D eigenvalue weighted by atomic mass is 10.1. The number of nitrogens with one attached hydrogen (secondary N) is 1. The number of ether oxygens (including phenoxy) is 1. The third-order valence-electron chi connectivity index (χ3n) is 2.39. The van der Waals surface area contributed by atoms with Crippen molar-refractivity contribution in [3.63, 3.8) is 0 Å². The number of aromatic nitrogens is 1. The van der Waals surface area contributed by atoms with Gasteiger partial charge in [0.05, 0.1) is 7.11 Å². The summed E-state index contributed by atoms with van der Waals surface area (Å²) in [7, 11) is 1.22. The first-order valence-electron chi connectivity index (χ1n) is 4.60. The molecule has 1 aromatic carbocycles. The van der Waals surface area contributed by atoms with Gasteiger partial charge in [0.25, 0.3) is 0 Å². The summed E-state index contributed by atoms with van der Waals surface area (Å²) in [5.74, 6) is -2.47. The number of aryl methyl sites for hydroxylation is 1. The minimum Gasteiger partial charge on any atom is -0.464 e. The molecule has 84 valence electrons. The van der Waals surface area contributed by atoms with Gasteiger partial charge in [0.2, 0.25) is 0 Å². The Morgan fingerprint density at radius 1 is 1.31 bits per heavy atom. The second kappa shape index (κ2) is 3.59. The second-order valence-corrected chi connectivity index (χ2v) is 3.46. The van der Waals surface area contributed by atoms with E-state index >= 15 is 0 Å². The van der Waals surface area contributed by atoms with Crippen LogP contribution in [0.4, 0.5) is 8.78 Å². The molecule has 16 heavy (non-hydrogen) atoms. The fourth-order valence-electron chi connectivity index (χ4n) is 1.56. The van der Waals surface area contributed by atoms with Crippen molar-refractivity contribution in [1.82, 2.24) is 4.98 Å². The van der Waals surface area contributed by atoms with Crippen molar-refractivity contribution < 1.29 is 18.3 Å². The number of H-pyrrole nitrogens is 1. The van der Waals surface area contributed by atoms with Gasteiger partial charge in [-0.25, -0.2) is 13.6 Å². The summed E-state index contributed by atoms with van der Waals surface area (Å²) in [6.45, 7) is 1.45. The maximum Gasteiger partial charge on any atom is 0.354 e. The van der Waals surface area contributed by atoms with Crippen LogP contribution in [0.2, 0.25) is 0 Å². The van der Waals surface area contributed by atoms with Crippen LogP contribution in [-0.4, -0.2) is 18.1 Å². The van der Waals surface area contributed by atoms with E-state index in [1.54, 1.807) is 0 Å². The molecule has 0 saturated heterocycles. The molecular formula is C11H9F2NO2. The molecule has 0 unspecified atom stereocenters. The molecule has 0 radical (unpaired) electrons. The Bertz CT molecular complexity index is 575. The van der Waals surface area contributed by atoms with Crippen molar-refractivity contribution in [2.45, 2.75) is 6.92 Å². The number of esters is 1. The van der Waals surface area contributed by atoms with Crippen LogP contribution in [0.15, 0.2) is 12.1 Å². The van der Waals surface area contributed by atoms with Gasteiger partial charge in [0.15, 0.2) is 11.6 Å². The maximum absolute atomic E-state index is 13.5. The average Bonchev–Trinajstić information content (AvgIpc) is 2.69. The Morgan fingerprint density at radius 2 is 2.00 bits per heavy atom. The topological polar surface area (TPSA) is 42.1 Å². The van der Waals surface area contributed by atoms with E-state index in [-0.39, 0.29) is 16.6 Å². The Balaban J connectivity index is 2.71. The number of halogens is 2. The van der Waals surface area contributed by atoms with Gasteiger partial charge < -0.3 is 9.72 Å². The molecule has 2 aromatic rings. The highest BCUT2D eigenvalue weighted by Gasteiger charge is 2.16. The van der Waals surface area contributed by atoms with Crippen LogP contribution in [0.3, 0.4) is 0 Å². The normalized spacial score (nSPS) is 10.8. The number of hydrogen-bond acceptors (Lipinski definition) is 2. The first-order valence-corrected chi connectivity index (χ1v) is 4.60. The minimum atomic E-state index is -0.957. The molecule has 1 heterocycles. The van der Waals surface area contributed by atoms with Gasteiger partial charge in [0, 0.05) is 10.9 Å². The highest BCUT2D eigenvalue weighted by Crippen LogP contribution is 2.24. The summed E-state index contributed by atoms with van der Waals surface area (Å²) in [5, 5.41) is 0.0449. The third-order valence-corrected chi connectivity index (χ3v) is 2.39. The smallest absolute Gasteiger partial charge is 0.354 e. The van der Waals surface area contributed by atoms with Gasteiger partial charge in [-0.3, -0.25) is 0 Å². The lowest BCUT2D eigenvalue weighted by Gasteiger charge is -1.98. The van der Waals surface area contributed by atoms with Crippen molar-refractivity contribution in [2.24, 2.45) is 0 Å². The van der Waals surface area contributed by atoms with Crippen LogP contribution in [0.1, 0.15) is 16.1 Å². The fraction of sp³-hybridized carbons (Fsp3) is 0.182. The summed E-state index contributed by atoms with van der Waals surface area (Å²) >= 11 is 0. The van der Waals surface area contributed by atoms with Crippen LogP contribution in [0.25, 0.3) is 10.9 Å². The zero-order valence-corrected chi connectivity index (χ0v) is 8.73. The maximum atomic E-state index is 13.5. The number of fused-ring (bicyclic) bond motifs is 1. The molecule has 0 aliphatic rings. The standard InChI is InChI=1S/C11H9F2NO2/c1-5-3-7-6(10(13)9(5)12)4-8(14-7)11(15)16-2/h3-4,14H,1-2H3. The van der Waals surface area contributed by atoms with E-state index in [0.717, 1.165) is 0 Å². The largest absolute Gasteiger partial charge is 0.464 e. The lowest BCUT2D eigenvalue weighted by molar-refractivity contribution is 0.0595. The molecule has 0 spiro atoms. The van der Waals surface area contributed by atoms with Crippen LogP contribution in [0, 0.1) is 18.6 Å². The van der Waals surface area contributed by atoms with Crippen molar-refractivity contribution in [2.75, 3.05) is 7.11 Å². The monoisotopic (exact) mass is 225 g/mol. The molecule has 0 atom stereocenters. The number of carbonyl (C=O) groups excluding carboxylic acids is 1. The van der Waals surface area contributed by atoms with Gasteiger partial charge >= 0.3 is 5.97 Å². The molecule has 1 N–H and O–H groups in total. The number of hydrogen-bond donors (Lipinski definition) is 1. The molecule has 1 aromatic heterocycles. The Morgan fingerprint density at radius 3 is 2.62 bits per heavy atom. The zero-order chi connectivity index (χ0) is 11.9. The van der Waals surface area contributed by atoms with Crippen LogP contribution in [-0.2, 0) is 4.74 Å². The number of aromatic amines is 1. The van der Waals surface area contributed by atoms with Gasteiger partial charge in [-0.15, -0.1) is 0 Å². The average molecular weight is 225 g/mol. The summed E-state index contributed by atoms with van der Waals surface area (Å²) in [6.07, 6.45) is 0. The molecule has 0 amide bonds. The molecular weight excluding hydrogens is 216 g/mol. The van der Waals surface area contributed by atoms with Gasteiger partial charge in [0.1, 0.15) is 5.69 Å². The van der Waals surface area contributed by atoms with E-state index in [1.165, 1.54) is 26.2 Å². The van der Waals surface area contributed by atoms with E-state index in [0.29, 0.717) is 5.52 Å². The number of benzene rings is 1. The summed E-state index contributed by atoms with van der Waals surface area (Å²) < 4.78 is 31.2. The van der Waals surface area contributed by atoms with Crippen LogP contribution < -0.4 is 0 Å². The predicted octanol–water partition coefficient (Wildman–Crippen LogP) is 2.54. The molecule has 5 heteroatoms. The molecule has 0 saturated carbocycles. The molecule has 3 nitrogen and oxygen atoms in total. The van der Waals surface area contributed by atoms with Crippen molar-refractivity contribution in [3.05, 3.63) is 35.0 Å². The second-order valence-electron chi connectivity index (χ2n) is 3.46. The molecule has 0 aliphatic carbocycles. The molecule has 0 aliphatic heterocycles. The summed E-state index contributed by atoms with van der Waals surface area (Å²) in [4.78, 5) is 13.9. The lowest BCUT2D eigenvalue weighted by Crippen LogP contribution is -2.00. The molecule has 2 rings (SSSR count). The van der Waals surface area contributed by atoms with Crippen molar-refractivity contribution >= 4 is 16.9 Å². The Hall–Kier alpha value is -1.91. The highest BCUT2D eigenvalue weighted by atomic mass is 19.2. The minimum absolute atomic E-state index is 0.0449. The number of methoxy groups -OCH3 is 1. The van der Waals surface area contributed by atoms with E-state index in [9.17, 15) is 13.6 Å². The Kier molecular flexibility index (Phi) is 2.38. The quantitative estimate of drug-likeness (QED) is 0.758. The number of rotatable bonds is 1. The van der Waals surface area contributed by atoms with E-state index in [2.05, 4.69) is 9.72 Å². The van der Waals surface area contributed by atoms with Gasteiger partial charge in [-0.2, -0.15) is 0 Å². The molecule has 0 fully saturated rings. The van der Waals surface area contributed by atoms with E-state index in [1.807, 2.05) is 0 Å². The molecule has 0 bridgehead atoms. The predicted molar refractivity (Wildman–Crippen MR) is 54.3 cm³/mol. The fourth-order valence-corrected chi connectivity index (χ4v) is 1.56. The highest BCUT2D eigenvalue weighted by molar-refractivity contribution is 5.95. The Labute approximate surface area is 90.0 Å². The zero-order valence-electron chi connectivity index (χ0n) is 8.73. The van der Waals surface area contributed by atoms with Crippen molar-refractivity contribution in [3.8, 4) is 0 Å². The first-order chi connectivity index (χ1) is 7.54. The van der Waals surface area contributed by atoms with Gasteiger partial charge in [-0.1, -0.05) is 0 Å². The number of carbonyl (C=O) groups is 1. The third kappa shape index (κ3) is 1.44. The SMILES string of the molecule is COC(=O)c1cc2c(F)c(F)c(C)cc2[nH]1. The first kappa shape index (κ1) is 10.6. The van der Waals surface area contributed by atoms with E-state index in [4.69, 9.17) is 0 Å². The summed E-state index contributed by atoms with van der Waals surface area (Å²) in [5.41, 5.74) is 0.654. The summed E-state index contributed by atoms with van der Waals surface area (Å²) in [6, 6.07) is 2.68. The van der Waals surface area contributed by atoms with Crippen LogP contribution >= 0.6 is 0 Å². The van der Waals surface area contributed by atoms with Crippen LogP contribution in [0.5, 0.6) is 0 Å². The van der Waals surface area contributed by atoms with E-state index < -0.39 is 17.6 Å². The van der Waals surface area contributed by atoms with Crippen molar-refractivity contribution in [1.29, 1.82) is 0 Å². The van der Waals surface area contributed by atoms with Gasteiger partial charge in [-0.05, 0) is 24.6 Å².